The monoisotopic (exact) mass is 405 g/mol. The number of ether oxygens (including phenoxy) is 2. The Hall–Kier alpha value is -1.10. The fraction of sp³-hybridized carbons (Fsp3) is 0.917. The van der Waals surface area contributed by atoms with Crippen LogP contribution in [0.3, 0.4) is 0 Å². The minimum Gasteiger partial charge on any atom is -0.465 e. The fourth-order valence-corrected chi connectivity index (χ4v) is 6.91. The zero-order valence-corrected chi connectivity index (χ0v) is 18.2. The minimum atomic E-state index is -0.129. The highest BCUT2D eigenvalue weighted by atomic mass is 16.5. The summed E-state index contributed by atoms with van der Waals surface area (Å²) < 4.78 is 11.0. The Labute approximate surface area is 175 Å². The van der Waals surface area contributed by atoms with Gasteiger partial charge in [0, 0.05) is 12.3 Å². The van der Waals surface area contributed by atoms with Gasteiger partial charge in [-0.25, -0.2) is 0 Å². The van der Waals surface area contributed by atoms with Gasteiger partial charge in [0.15, 0.2) is 0 Å². The maximum Gasteiger partial charge on any atom is 0.306 e. The summed E-state index contributed by atoms with van der Waals surface area (Å²) in [6, 6.07) is 0. The van der Waals surface area contributed by atoms with Gasteiger partial charge in [-0.2, -0.15) is 0 Å². The molecule has 5 nitrogen and oxygen atoms in total. The number of esters is 2. The van der Waals surface area contributed by atoms with E-state index in [2.05, 4.69) is 4.90 Å². The predicted octanol–water partition coefficient (Wildman–Crippen LogP) is 4.19. The number of hydrogen-bond acceptors (Lipinski definition) is 5. The topological polar surface area (TPSA) is 55.8 Å². The van der Waals surface area contributed by atoms with E-state index in [1.807, 2.05) is 6.92 Å². The fourth-order valence-electron chi connectivity index (χ4n) is 6.91. The molecule has 5 heteroatoms. The van der Waals surface area contributed by atoms with Crippen LogP contribution in [0.4, 0.5) is 0 Å². The van der Waals surface area contributed by atoms with Gasteiger partial charge >= 0.3 is 11.9 Å². The van der Waals surface area contributed by atoms with Gasteiger partial charge in [0.25, 0.3) is 0 Å². The Bertz CT molecular complexity index is 548. The summed E-state index contributed by atoms with van der Waals surface area (Å²) in [5, 5.41) is 0. The molecule has 1 atom stereocenters. The summed E-state index contributed by atoms with van der Waals surface area (Å²) in [4.78, 5) is 26.8. The lowest BCUT2D eigenvalue weighted by Gasteiger charge is -2.56. The van der Waals surface area contributed by atoms with Crippen LogP contribution in [-0.4, -0.2) is 49.7 Å². The lowest BCUT2D eigenvalue weighted by atomic mass is 9.49. The summed E-state index contributed by atoms with van der Waals surface area (Å²) in [6.45, 7) is 6.00. The largest absolute Gasteiger partial charge is 0.465 e. The van der Waals surface area contributed by atoms with Gasteiger partial charge in [0.1, 0.15) is 0 Å². The van der Waals surface area contributed by atoms with Crippen LogP contribution in [0.2, 0.25) is 0 Å². The van der Waals surface area contributed by atoms with Crippen molar-refractivity contribution in [3.05, 3.63) is 0 Å². The molecule has 0 aromatic rings. The lowest BCUT2D eigenvalue weighted by molar-refractivity contribution is -0.154. The smallest absolute Gasteiger partial charge is 0.306 e. The molecule has 0 N–H and O–H groups in total. The number of nitrogens with zero attached hydrogens (tertiary/aromatic N) is 1. The highest BCUT2D eigenvalue weighted by Gasteiger charge is 2.51. The van der Waals surface area contributed by atoms with Crippen LogP contribution in [0.5, 0.6) is 0 Å². The van der Waals surface area contributed by atoms with Crippen LogP contribution in [-0.2, 0) is 19.1 Å². The molecule has 5 aliphatic rings. The molecule has 0 radical (unpaired) electrons. The molecule has 0 aromatic carbocycles. The second kappa shape index (κ2) is 9.36. The van der Waals surface area contributed by atoms with Gasteiger partial charge in [-0.15, -0.1) is 0 Å². The van der Waals surface area contributed by atoms with Gasteiger partial charge in [0.2, 0.25) is 0 Å². The van der Waals surface area contributed by atoms with Gasteiger partial charge in [-0.3, -0.25) is 9.59 Å². The summed E-state index contributed by atoms with van der Waals surface area (Å²) >= 11 is 0. The summed E-state index contributed by atoms with van der Waals surface area (Å²) in [6.07, 6.45) is 12.4. The van der Waals surface area contributed by atoms with Crippen molar-refractivity contribution in [3.63, 3.8) is 0 Å². The SMILES string of the molecule is CC(COC(=O)CCCN1CCCC1)COC(=O)CC12CC3CC(CC(C3)C1)C2. The summed E-state index contributed by atoms with van der Waals surface area (Å²) in [7, 11) is 0. The van der Waals surface area contributed by atoms with E-state index in [0.717, 1.165) is 30.7 Å². The number of hydrogen-bond donors (Lipinski definition) is 0. The highest BCUT2D eigenvalue weighted by molar-refractivity contribution is 5.70. The molecule has 5 fully saturated rings. The molecular formula is C24H39NO4. The van der Waals surface area contributed by atoms with E-state index in [9.17, 15) is 9.59 Å². The highest BCUT2D eigenvalue weighted by Crippen LogP contribution is 2.61. The minimum absolute atomic E-state index is 0.0456. The average Bonchev–Trinajstić information content (AvgIpc) is 3.16. The molecular weight excluding hydrogens is 366 g/mol. The van der Waals surface area contributed by atoms with Crippen molar-refractivity contribution in [2.45, 2.75) is 77.6 Å². The zero-order chi connectivity index (χ0) is 20.3. The second-order valence-corrected chi connectivity index (χ2v) is 10.7. The van der Waals surface area contributed by atoms with Crippen molar-refractivity contribution in [2.24, 2.45) is 29.1 Å². The maximum atomic E-state index is 12.5. The van der Waals surface area contributed by atoms with Crippen molar-refractivity contribution >= 4 is 11.9 Å². The van der Waals surface area contributed by atoms with E-state index < -0.39 is 0 Å². The molecule has 4 aliphatic carbocycles. The Morgan fingerprint density at radius 1 is 0.931 bits per heavy atom. The molecule has 1 aliphatic heterocycles. The standard InChI is InChI=1S/C24H39NO4/c1-18(16-28-22(26)5-4-8-25-6-2-3-7-25)17-29-23(27)15-24-12-19-9-20(13-24)11-21(10-19)14-24/h18-21H,2-17H2,1H3. The Balaban J connectivity index is 1.09. The first-order valence-electron chi connectivity index (χ1n) is 12.0. The first kappa shape index (κ1) is 21.1. The third-order valence-electron chi connectivity index (χ3n) is 7.80. The van der Waals surface area contributed by atoms with Crippen LogP contribution in [0, 0.1) is 29.1 Å². The molecule has 1 unspecified atom stereocenters. The van der Waals surface area contributed by atoms with Crippen molar-refractivity contribution in [2.75, 3.05) is 32.8 Å². The van der Waals surface area contributed by atoms with E-state index >= 15 is 0 Å². The molecule has 1 heterocycles. The lowest BCUT2D eigenvalue weighted by Crippen LogP contribution is -2.47. The molecule has 5 rings (SSSR count). The first-order valence-corrected chi connectivity index (χ1v) is 12.0. The number of rotatable bonds is 10. The quantitative estimate of drug-likeness (QED) is 0.510. The average molecular weight is 406 g/mol. The Morgan fingerprint density at radius 3 is 2.07 bits per heavy atom. The second-order valence-electron chi connectivity index (χ2n) is 10.7. The van der Waals surface area contributed by atoms with Crippen LogP contribution >= 0.6 is 0 Å². The first-order chi connectivity index (χ1) is 14.0. The molecule has 0 amide bonds. The van der Waals surface area contributed by atoms with E-state index in [-0.39, 0.29) is 23.3 Å². The predicted molar refractivity (Wildman–Crippen MR) is 111 cm³/mol. The van der Waals surface area contributed by atoms with Crippen molar-refractivity contribution < 1.29 is 19.1 Å². The molecule has 1 saturated heterocycles. The maximum absolute atomic E-state index is 12.5. The van der Waals surface area contributed by atoms with Crippen LogP contribution < -0.4 is 0 Å². The van der Waals surface area contributed by atoms with E-state index in [1.165, 1.54) is 64.5 Å². The van der Waals surface area contributed by atoms with Crippen LogP contribution in [0.1, 0.15) is 77.6 Å². The third kappa shape index (κ3) is 5.74. The number of carbonyl (C=O) groups excluding carboxylic acids is 2. The van der Waals surface area contributed by atoms with Crippen molar-refractivity contribution in [1.82, 2.24) is 4.90 Å². The Kier molecular flexibility index (Phi) is 6.83. The molecule has 29 heavy (non-hydrogen) atoms. The normalized spacial score (nSPS) is 34.3. The molecule has 4 bridgehead atoms. The Morgan fingerprint density at radius 2 is 1.48 bits per heavy atom. The van der Waals surface area contributed by atoms with Gasteiger partial charge in [0.05, 0.1) is 19.6 Å². The van der Waals surface area contributed by atoms with Gasteiger partial charge in [-0.05, 0) is 101 Å². The van der Waals surface area contributed by atoms with Gasteiger partial charge in [-0.1, -0.05) is 6.92 Å². The van der Waals surface area contributed by atoms with Crippen molar-refractivity contribution in [1.29, 1.82) is 0 Å². The number of likely N-dealkylation sites (tertiary alicyclic amines) is 1. The molecule has 0 spiro atoms. The molecule has 0 aromatic heterocycles. The van der Waals surface area contributed by atoms with E-state index in [4.69, 9.17) is 9.47 Å². The van der Waals surface area contributed by atoms with Crippen molar-refractivity contribution in [3.8, 4) is 0 Å². The third-order valence-corrected chi connectivity index (χ3v) is 7.80. The zero-order valence-electron chi connectivity index (χ0n) is 18.2. The molecule has 4 saturated carbocycles. The van der Waals surface area contributed by atoms with E-state index in [1.54, 1.807) is 0 Å². The van der Waals surface area contributed by atoms with Crippen LogP contribution in [0.25, 0.3) is 0 Å². The summed E-state index contributed by atoms with van der Waals surface area (Å²) in [5.74, 6) is 2.46. The summed E-state index contributed by atoms with van der Waals surface area (Å²) in [5.41, 5.74) is 0.233. The van der Waals surface area contributed by atoms with Crippen LogP contribution in [0.15, 0.2) is 0 Å². The van der Waals surface area contributed by atoms with Gasteiger partial charge < -0.3 is 14.4 Å². The number of carbonyl (C=O) groups is 2. The van der Waals surface area contributed by atoms with E-state index in [0.29, 0.717) is 26.1 Å². The molecule has 164 valence electrons.